The number of carbonyl (C=O) groups excluding carboxylic acids is 1. The van der Waals surface area contributed by atoms with E-state index in [9.17, 15) is 4.79 Å². The summed E-state index contributed by atoms with van der Waals surface area (Å²) in [5.74, 6) is 0.825. The van der Waals surface area contributed by atoms with Crippen LogP contribution in [0.25, 0.3) is 0 Å². The van der Waals surface area contributed by atoms with Gasteiger partial charge in [0.25, 0.3) is 5.91 Å². The van der Waals surface area contributed by atoms with Crippen molar-refractivity contribution in [2.24, 2.45) is 5.92 Å². The van der Waals surface area contributed by atoms with E-state index in [1.807, 2.05) is 11.8 Å². The highest BCUT2D eigenvalue weighted by Crippen LogP contribution is 2.26. The number of rotatable bonds is 4. The third kappa shape index (κ3) is 3.44. The molecule has 0 bridgehead atoms. The van der Waals surface area contributed by atoms with Crippen molar-refractivity contribution in [3.63, 3.8) is 0 Å². The van der Waals surface area contributed by atoms with Gasteiger partial charge >= 0.3 is 0 Å². The van der Waals surface area contributed by atoms with E-state index in [1.54, 1.807) is 18.2 Å². The SMILES string of the molecule is CCOc1cc(Cl)ccc1C(=O)N1CCC(CO)CC1. The van der Waals surface area contributed by atoms with Crippen molar-refractivity contribution >= 4 is 17.5 Å². The predicted octanol–water partition coefficient (Wildman–Crippen LogP) is 2.58. The molecule has 5 heteroatoms. The van der Waals surface area contributed by atoms with Crippen molar-refractivity contribution in [1.29, 1.82) is 0 Å². The lowest BCUT2D eigenvalue weighted by Gasteiger charge is -2.31. The summed E-state index contributed by atoms with van der Waals surface area (Å²) in [6.45, 7) is 3.93. The summed E-state index contributed by atoms with van der Waals surface area (Å²) >= 11 is 5.95. The van der Waals surface area contributed by atoms with E-state index in [4.69, 9.17) is 21.4 Å². The van der Waals surface area contributed by atoms with Gasteiger partial charge < -0.3 is 14.7 Å². The molecule has 4 nitrogen and oxygen atoms in total. The van der Waals surface area contributed by atoms with Crippen molar-refractivity contribution in [3.05, 3.63) is 28.8 Å². The van der Waals surface area contributed by atoms with Crippen LogP contribution in [0.3, 0.4) is 0 Å². The van der Waals surface area contributed by atoms with Crippen LogP contribution in [0.5, 0.6) is 5.75 Å². The first-order chi connectivity index (χ1) is 9.65. The zero-order valence-corrected chi connectivity index (χ0v) is 12.4. The minimum absolute atomic E-state index is 0.0264. The molecule has 0 aliphatic carbocycles. The molecule has 1 fully saturated rings. The number of carbonyl (C=O) groups is 1. The maximum absolute atomic E-state index is 12.5. The standard InChI is InChI=1S/C15H20ClNO3/c1-2-20-14-9-12(16)3-4-13(14)15(19)17-7-5-11(10-18)6-8-17/h3-4,9,11,18H,2,5-8,10H2,1H3. The van der Waals surface area contributed by atoms with Crippen LogP contribution in [0.4, 0.5) is 0 Å². The highest BCUT2D eigenvalue weighted by Gasteiger charge is 2.25. The molecule has 2 rings (SSSR count). The third-order valence-electron chi connectivity index (χ3n) is 3.63. The monoisotopic (exact) mass is 297 g/mol. The molecule has 1 aromatic rings. The number of likely N-dealkylation sites (tertiary alicyclic amines) is 1. The van der Waals surface area contributed by atoms with Crippen molar-refractivity contribution in [2.75, 3.05) is 26.3 Å². The Labute approximate surface area is 124 Å². The minimum Gasteiger partial charge on any atom is -0.493 e. The van der Waals surface area contributed by atoms with E-state index in [0.717, 1.165) is 12.8 Å². The number of halogens is 1. The Kier molecular flexibility index (Phi) is 5.26. The van der Waals surface area contributed by atoms with Gasteiger partial charge in [0.05, 0.1) is 12.2 Å². The van der Waals surface area contributed by atoms with E-state index < -0.39 is 0 Å². The lowest BCUT2D eigenvalue weighted by molar-refractivity contribution is 0.0647. The molecule has 110 valence electrons. The molecule has 20 heavy (non-hydrogen) atoms. The number of hydrogen-bond acceptors (Lipinski definition) is 3. The van der Waals surface area contributed by atoms with Gasteiger partial charge in [-0.25, -0.2) is 0 Å². The first-order valence-corrected chi connectivity index (χ1v) is 7.36. The molecule has 0 unspecified atom stereocenters. The summed E-state index contributed by atoms with van der Waals surface area (Å²) in [4.78, 5) is 14.4. The topological polar surface area (TPSA) is 49.8 Å². The number of hydrogen-bond donors (Lipinski definition) is 1. The van der Waals surface area contributed by atoms with Crippen molar-refractivity contribution < 1.29 is 14.6 Å². The fourth-order valence-electron chi connectivity index (χ4n) is 2.44. The second-order valence-corrected chi connectivity index (χ2v) is 5.43. The Balaban J connectivity index is 2.13. The van der Waals surface area contributed by atoms with Gasteiger partial charge in [-0.2, -0.15) is 0 Å². The molecule has 0 atom stereocenters. The first kappa shape index (κ1) is 15.1. The first-order valence-electron chi connectivity index (χ1n) is 6.98. The molecule has 1 aliphatic rings. The molecule has 0 saturated carbocycles. The molecule has 1 aromatic carbocycles. The predicted molar refractivity (Wildman–Crippen MR) is 78.3 cm³/mol. The zero-order chi connectivity index (χ0) is 14.5. The number of benzene rings is 1. The van der Waals surface area contributed by atoms with Crippen LogP contribution in [0.2, 0.25) is 5.02 Å². The lowest BCUT2D eigenvalue weighted by Crippen LogP contribution is -2.39. The lowest BCUT2D eigenvalue weighted by atomic mass is 9.97. The summed E-state index contributed by atoms with van der Waals surface area (Å²) in [6, 6.07) is 5.10. The van der Waals surface area contributed by atoms with Gasteiger partial charge in [0, 0.05) is 24.7 Å². The molecular weight excluding hydrogens is 278 g/mol. The van der Waals surface area contributed by atoms with Crippen LogP contribution < -0.4 is 4.74 Å². The molecule has 1 N–H and O–H groups in total. The summed E-state index contributed by atoms with van der Waals surface area (Å²) in [6.07, 6.45) is 1.69. The molecule has 1 aliphatic heterocycles. The van der Waals surface area contributed by atoms with Crippen molar-refractivity contribution in [3.8, 4) is 5.75 Å². The number of aliphatic hydroxyl groups excluding tert-OH is 1. The van der Waals surface area contributed by atoms with Crippen LogP contribution in [0.1, 0.15) is 30.1 Å². The molecular formula is C15H20ClNO3. The fraction of sp³-hybridized carbons (Fsp3) is 0.533. The quantitative estimate of drug-likeness (QED) is 0.929. The van der Waals surface area contributed by atoms with Gasteiger partial charge in [-0.15, -0.1) is 0 Å². The number of nitrogens with zero attached hydrogens (tertiary/aromatic N) is 1. The summed E-state index contributed by atoms with van der Waals surface area (Å²) in [7, 11) is 0. The second-order valence-electron chi connectivity index (χ2n) is 4.99. The van der Waals surface area contributed by atoms with Gasteiger partial charge in [0.1, 0.15) is 5.75 Å². The van der Waals surface area contributed by atoms with Crippen molar-refractivity contribution in [2.45, 2.75) is 19.8 Å². The Morgan fingerprint density at radius 1 is 1.45 bits per heavy atom. The number of ether oxygens (including phenoxy) is 1. The molecule has 0 aromatic heterocycles. The summed E-state index contributed by atoms with van der Waals surface area (Å²) < 4.78 is 5.50. The highest BCUT2D eigenvalue weighted by atomic mass is 35.5. The Hall–Kier alpha value is -1.26. The highest BCUT2D eigenvalue weighted by molar-refractivity contribution is 6.30. The Bertz CT molecular complexity index is 470. The smallest absolute Gasteiger partial charge is 0.257 e. The molecule has 0 radical (unpaired) electrons. The van der Waals surface area contributed by atoms with Crippen LogP contribution >= 0.6 is 11.6 Å². The van der Waals surface area contributed by atoms with Gasteiger partial charge in [-0.1, -0.05) is 11.6 Å². The van der Waals surface area contributed by atoms with Crippen LogP contribution in [0.15, 0.2) is 18.2 Å². The van der Waals surface area contributed by atoms with Crippen LogP contribution in [0, 0.1) is 5.92 Å². The number of aliphatic hydroxyl groups is 1. The molecule has 1 heterocycles. The van der Waals surface area contributed by atoms with Gasteiger partial charge in [0.2, 0.25) is 0 Å². The van der Waals surface area contributed by atoms with E-state index in [0.29, 0.717) is 41.9 Å². The second kappa shape index (κ2) is 6.95. The zero-order valence-electron chi connectivity index (χ0n) is 11.6. The maximum Gasteiger partial charge on any atom is 0.257 e. The van der Waals surface area contributed by atoms with Crippen molar-refractivity contribution in [1.82, 2.24) is 4.90 Å². The summed E-state index contributed by atoms with van der Waals surface area (Å²) in [5, 5.41) is 9.70. The average Bonchev–Trinajstić information content (AvgIpc) is 2.47. The third-order valence-corrected chi connectivity index (χ3v) is 3.87. The molecule has 0 spiro atoms. The largest absolute Gasteiger partial charge is 0.493 e. The average molecular weight is 298 g/mol. The van der Waals surface area contributed by atoms with Gasteiger partial charge in [0.15, 0.2) is 0 Å². The van der Waals surface area contributed by atoms with Crippen LogP contribution in [-0.2, 0) is 0 Å². The molecule has 1 amide bonds. The van der Waals surface area contributed by atoms with E-state index in [-0.39, 0.29) is 12.5 Å². The van der Waals surface area contributed by atoms with Crippen LogP contribution in [-0.4, -0.2) is 42.2 Å². The maximum atomic E-state index is 12.5. The normalized spacial score (nSPS) is 16.2. The number of piperidine rings is 1. The van der Waals surface area contributed by atoms with Gasteiger partial charge in [-0.05, 0) is 43.9 Å². The van der Waals surface area contributed by atoms with Gasteiger partial charge in [-0.3, -0.25) is 4.79 Å². The minimum atomic E-state index is -0.0264. The number of amides is 1. The van der Waals surface area contributed by atoms with E-state index in [2.05, 4.69) is 0 Å². The Morgan fingerprint density at radius 3 is 2.75 bits per heavy atom. The Morgan fingerprint density at radius 2 is 2.15 bits per heavy atom. The fourth-order valence-corrected chi connectivity index (χ4v) is 2.60. The van der Waals surface area contributed by atoms with E-state index >= 15 is 0 Å². The molecule has 1 saturated heterocycles. The summed E-state index contributed by atoms with van der Waals surface area (Å²) in [5.41, 5.74) is 0.554. The van der Waals surface area contributed by atoms with E-state index in [1.165, 1.54) is 0 Å².